The minimum absolute atomic E-state index is 0.0580. The molecule has 1 aromatic carbocycles. The van der Waals surface area contributed by atoms with Gasteiger partial charge in [0, 0.05) is 11.6 Å². The second kappa shape index (κ2) is 6.01. The largest absolute Gasteiger partial charge is 0.497 e. The summed E-state index contributed by atoms with van der Waals surface area (Å²) in [5, 5.41) is 3.22. The summed E-state index contributed by atoms with van der Waals surface area (Å²) in [7, 11) is 2.16. The maximum atomic E-state index is 11.7. The average molecular weight is 299 g/mol. The van der Waals surface area contributed by atoms with Gasteiger partial charge in [0.25, 0.3) is 0 Å². The molecule has 5 nitrogen and oxygen atoms in total. The Balaban J connectivity index is 2.36. The number of hydrogen-bond donors (Lipinski definition) is 1. The number of ether oxygens (including phenoxy) is 2. The SMILES string of the molecule is CNC(c1cc(OC)ccc1OC)C1CCS(=O)(=O)C1. The molecule has 0 bridgehead atoms. The van der Waals surface area contributed by atoms with Crippen molar-refractivity contribution in [3.63, 3.8) is 0 Å². The van der Waals surface area contributed by atoms with Crippen LogP contribution in [-0.2, 0) is 9.84 Å². The van der Waals surface area contributed by atoms with Gasteiger partial charge in [-0.15, -0.1) is 0 Å². The molecular formula is C14H21NO4S. The normalized spacial score (nSPS) is 22.4. The summed E-state index contributed by atoms with van der Waals surface area (Å²) in [5.41, 5.74) is 0.941. The van der Waals surface area contributed by atoms with E-state index in [9.17, 15) is 8.42 Å². The van der Waals surface area contributed by atoms with Crippen molar-refractivity contribution >= 4 is 9.84 Å². The smallest absolute Gasteiger partial charge is 0.150 e. The molecule has 0 saturated carbocycles. The highest BCUT2D eigenvalue weighted by Gasteiger charge is 2.35. The molecule has 20 heavy (non-hydrogen) atoms. The zero-order chi connectivity index (χ0) is 14.8. The fraction of sp³-hybridized carbons (Fsp3) is 0.571. The molecule has 1 aliphatic rings. The van der Waals surface area contributed by atoms with E-state index in [0.717, 1.165) is 17.1 Å². The van der Waals surface area contributed by atoms with Crippen molar-refractivity contribution < 1.29 is 17.9 Å². The highest BCUT2D eigenvalue weighted by atomic mass is 32.2. The average Bonchev–Trinajstić information content (AvgIpc) is 2.79. The van der Waals surface area contributed by atoms with E-state index in [0.29, 0.717) is 6.42 Å². The lowest BCUT2D eigenvalue weighted by atomic mass is 9.92. The first-order valence-corrected chi connectivity index (χ1v) is 8.42. The summed E-state index contributed by atoms with van der Waals surface area (Å²) in [6, 6.07) is 5.53. The van der Waals surface area contributed by atoms with E-state index < -0.39 is 9.84 Å². The summed E-state index contributed by atoms with van der Waals surface area (Å²) in [4.78, 5) is 0. The molecule has 1 heterocycles. The molecule has 0 radical (unpaired) electrons. The second-order valence-electron chi connectivity index (χ2n) is 5.04. The lowest BCUT2D eigenvalue weighted by Crippen LogP contribution is -2.26. The predicted molar refractivity (Wildman–Crippen MR) is 78.1 cm³/mol. The van der Waals surface area contributed by atoms with Crippen LogP contribution < -0.4 is 14.8 Å². The van der Waals surface area contributed by atoms with Crippen molar-refractivity contribution in [2.45, 2.75) is 12.5 Å². The molecule has 112 valence electrons. The molecule has 0 spiro atoms. The van der Waals surface area contributed by atoms with Gasteiger partial charge in [-0.25, -0.2) is 8.42 Å². The first-order valence-electron chi connectivity index (χ1n) is 6.60. The lowest BCUT2D eigenvalue weighted by Gasteiger charge is -2.24. The van der Waals surface area contributed by atoms with Crippen molar-refractivity contribution in [1.29, 1.82) is 0 Å². The molecule has 0 aliphatic carbocycles. The molecule has 1 saturated heterocycles. The van der Waals surface area contributed by atoms with Gasteiger partial charge in [-0.2, -0.15) is 0 Å². The fourth-order valence-corrected chi connectivity index (χ4v) is 4.65. The van der Waals surface area contributed by atoms with Gasteiger partial charge in [0.1, 0.15) is 11.5 Å². The number of rotatable bonds is 5. The summed E-state index contributed by atoms with van der Waals surface area (Å²) in [6.07, 6.45) is 0.675. The second-order valence-corrected chi connectivity index (χ2v) is 7.27. The van der Waals surface area contributed by atoms with Crippen LogP contribution in [0.2, 0.25) is 0 Å². The molecule has 2 rings (SSSR count). The van der Waals surface area contributed by atoms with Crippen LogP contribution in [0.3, 0.4) is 0 Å². The van der Waals surface area contributed by atoms with E-state index in [1.807, 2.05) is 25.2 Å². The van der Waals surface area contributed by atoms with Crippen LogP contribution in [0.1, 0.15) is 18.0 Å². The van der Waals surface area contributed by atoms with E-state index in [1.165, 1.54) is 0 Å². The van der Waals surface area contributed by atoms with E-state index in [4.69, 9.17) is 9.47 Å². The van der Waals surface area contributed by atoms with Crippen LogP contribution in [-0.4, -0.2) is 41.2 Å². The fourth-order valence-electron chi connectivity index (χ4n) is 2.81. The van der Waals surface area contributed by atoms with Crippen LogP contribution in [0.25, 0.3) is 0 Å². The van der Waals surface area contributed by atoms with Gasteiger partial charge >= 0.3 is 0 Å². The Morgan fingerprint density at radius 2 is 2.05 bits per heavy atom. The Hall–Kier alpha value is -1.27. The Kier molecular flexibility index (Phi) is 4.55. The first kappa shape index (κ1) is 15.1. The molecule has 0 amide bonds. The molecule has 6 heteroatoms. The third kappa shape index (κ3) is 3.07. The number of benzene rings is 1. The minimum Gasteiger partial charge on any atom is -0.497 e. The van der Waals surface area contributed by atoms with Crippen molar-refractivity contribution in [2.75, 3.05) is 32.8 Å². The van der Waals surface area contributed by atoms with E-state index >= 15 is 0 Å². The van der Waals surface area contributed by atoms with Gasteiger partial charge in [0.15, 0.2) is 9.84 Å². The molecule has 1 aromatic rings. The summed E-state index contributed by atoms with van der Waals surface area (Å²) >= 11 is 0. The zero-order valence-electron chi connectivity index (χ0n) is 12.0. The standard InChI is InChI=1S/C14H21NO4S/c1-15-14(10-6-7-20(16,17)9-10)12-8-11(18-2)4-5-13(12)19-3/h4-5,8,10,14-15H,6-7,9H2,1-3H3. The molecule has 1 aliphatic heterocycles. The number of sulfone groups is 1. The lowest BCUT2D eigenvalue weighted by molar-refractivity contribution is 0.367. The van der Waals surface area contributed by atoms with Gasteiger partial charge in [-0.05, 0) is 37.6 Å². The quantitative estimate of drug-likeness (QED) is 0.890. The molecule has 2 unspecified atom stereocenters. The Bertz CT molecular complexity index is 571. The molecule has 2 atom stereocenters. The zero-order valence-corrected chi connectivity index (χ0v) is 12.9. The predicted octanol–water partition coefficient (Wildman–Crippen LogP) is 1.40. The topological polar surface area (TPSA) is 64.6 Å². The van der Waals surface area contributed by atoms with E-state index in [2.05, 4.69) is 5.32 Å². The van der Waals surface area contributed by atoms with Crippen LogP contribution in [0, 0.1) is 5.92 Å². The number of hydrogen-bond acceptors (Lipinski definition) is 5. The van der Waals surface area contributed by atoms with Crippen LogP contribution >= 0.6 is 0 Å². The van der Waals surface area contributed by atoms with E-state index in [1.54, 1.807) is 14.2 Å². The Labute approximate surface area is 120 Å². The maximum absolute atomic E-state index is 11.7. The molecule has 1 N–H and O–H groups in total. The molecule has 0 aromatic heterocycles. The van der Waals surface area contributed by atoms with Gasteiger partial charge in [-0.1, -0.05) is 0 Å². The van der Waals surface area contributed by atoms with Crippen molar-refractivity contribution in [3.05, 3.63) is 23.8 Å². The van der Waals surface area contributed by atoms with Gasteiger partial charge in [0.2, 0.25) is 0 Å². The Morgan fingerprint density at radius 1 is 1.30 bits per heavy atom. The van der Waals surface area contributed by atoms with Crippen molar-refractivity contribution in [1.82, 2.24) is 5.32 Å². The molecular weight excluding hydrogens is 278 g/mol. The summed E-state index contributed by atoms with van der Waals surface area (Å²) in [5.74, 6) is 2.03. The third-order valence-electron chi connectivity index (χ3n) is 3.82. The molecule has 1 fully saturated rings. The number of nitrogens with one attached hydrogen (secondary N) is 1. The highest BCUT2D eigenvalue weighted by molar-refractivity contribution is 7.91. The van der Waals surface area contributed by atoms with Gasteiger partial charge in [0.05, 0.1) is 25.7 Å². The van der Waals surface area contributed by atoms with Gasteiger partial charge in [-0.3, -0.25) is 0 Å². The van der Waals surface area contributed by atoms with E-state index in [-0.39, 0.29) is 23.5 Å². The van der Waals surface area contributed by atoms with Crippen molar-refractivity contribution in [3.8, 4) is 11.5 Å². The van der Waals surface area contributed by atoms with Gasteiger partial charge < -0.3 is 14.8 Å². The third-order valence-corrected chi connectivity index (χ3v) is 5.62. The van der Waals surface area contributed by atoms with Crippen LogP contribution in [0.5, 0.6) is 11.5 Å². The first-order chi connectivity index (χ1) is 9.50. The van der Waals surface area contributed by atoms with Crippen LogP contribution in [0.4, 0.5) is 0 Å². The Morgan fingerprint density at radius 3 is 2.55 bits per heavy atom. The monoisotopic (exact) mass is 299 g/mol. The summed E-state index contributed by atoms with van der Waals surface area (Å²) in [6.45, 7) is 0. The van der Waals surface area contributed by atoms with Crippen molar-refractivity contribution in [2.24, 2.45) is 5.92 Å². The maximum Gasteiger partial charge on any atom is 0.150 e. The minimum atomic E-state index is -2.91. The summed E-state index contributed by atoms with van der Waals surface area (Å²) < 4.78 is 34.0. The highest BCUT2D eigenvalue weighted by Crippen LogP contribution is 2.37. The van der Waals surface area contributed by atoms with Crippen LogP contribution in [0.15, 0.2) is 18.2 Å². The number of methoxy groups -OCH3 is 2.